The fourth-order valence-electron chi connectivity index (χ4n) is 2.70. The van der Waals surface area contributed by atoms with Gasteiger partial charge in [-0.2, -0.15) is 5.10 Å². The molecular formula is C23H21N3O6. The van der Waals surface area contributed by atoms with Gasteiger partial charge < -0.3 is 18.9 Å². The highest BCUT2D eigenvalue weighted by atomic mass is 16.6. The number of pyridine rings is 1. The van der Waals surface area contributed by atoms with Crippen LogP contribution in [0, 0.1) is 0 Å². The third kappa shape index (κ3) is 5.39. The number of rotatable bonds is 8. The molecule has 0 fully saturated rings. The van der Waals surface area contributed by atoms with E-state index in [1.165, 1.54) is 39.8 Å². The molecule has 0 aliphatic heterocycles. The lowest BCUT2D eigenvalue weighted by Crippen LogP contribution is -2.17. The molecule has 0 unspecified atom stereocenters. The van der Waals surface area contributed by atoms with E-state index in [2.05, 4.69) is 15.5 Å². The molecule has 1 heterocycles. The molecular weight excluding hydrogens is 414 g/mol. The molecule has 9 nitrogen and oxygen atoms in total. The number of carbonyl (C=O) groups excluding carboxylic acids is 2. The summed E-state index contributed by atoms with van der Waals surface area (Å²) in [7, 11) is 4.44. The molecule has 3 rings (SSSR count). The van der Waals surface area contributed by atoms with Crippen LogP contribution in [0.3, 0.4) is 0 Å². The van der Waals surface area contributed by atoms with E-state index in [1.807, 2.05) is 0 Å². The Bertz CT molecular complexity index is 1130. The maximum atomic E-state index is 12.6. The summed E-state index contributed by atoms with van der Waals surface area (Å²) in [6, 6.07) is 12.9. The number of nitrogens with zero attached hydrogens (tertiary/aromatic N) is 2. The fraction of sp³-hybridized carbons (Fsp3) is 0.130. The Labute approximate surface area is 184 Å². The number of methoxy groups -OCH3 is 3. The van der Waals surface area contributed by atoms with Crippen molar-refractivity contribution in [2.45, 2.75) is 0 Å². The van der Waals surface area contributed by atoms with E-state index in [0.717, 1.165) is 0 Å². The Morgan fingerprint density at radius 2 is 1.59 bits per heavy atom. The number of nitrogens with one attached hydrogen (secondary N) is 1. The molecule has 0 atom stereocenters. The standard InChI is InChI=1S/C23H21N3O6/c1-29-18-9-7-16(12-21(18)31-3)23(28)32-19-8-6-15(11-20(19)30-2)13-25-26-22(27)17-5-4-10-24-14-17/h4-14H,1-3H3,(H,26,27). The maximum Gasteiger partial charge on any atom is 0.343 e. The maximum absolute atomic E-state index is 12.6. The predicted octanol–water partition coefficient (Wildman–Crippen LogP) is 3.09. The molecule has 0 saturated heterocycles. The molecule has 0 radical (unpaired) electrons. The smallest absolute Gasteiger partial charge is 0.343 e. The highest BCUT2D eigenvalue weighted by molar-refractivity contribution is 5.95. The molecule has 32 heavy (non-hydrogen) atoms. The van der Waals surface area contributed by atoms with Crippen molar-refractivity contribution in [1.29, 1.82) is 0 Å². The number of amides is 1. The molecule has 0 bridgehead atoms. The lowest BCUT2D eigenvalue weighted by atomic mass is 10.2. The van der Waals surface area contributed by atoms with E-state index in [4.69, 9.17) is 18.9 Å². The molecule has 0 saturated carbocycles. The molecule has 1 N–H and O–H groups in total. The second-order valence-corrected chi connectivity index (χ2v) is 6.31. The minimum absolute atomic E-state index is 0.226. The van der Waals surface area contributed by atoms with Crippen molar-refractivity contribution in [2.75, 3.05) is 21.3 Å². The normalized spacial score (nSPS) is 10.5. The van der Waals surface area contributed by atoms with E-state index < -0.39 is 5.97 Å². The van der Waals surface area contributed by atoms with Gasteiger partial charge in [0.2, 0.25) is 0 Å². The minimum Gasteiger partial charge on any atom is -0.493 e. The zero-order valence-electron chi connectivity index (χ0n) is 17.7. The van der Waals surface area contributed by atoms with Crippen LogP contribution in [0.5, 0.6) is 23.0 Å². The van der Waals surface area contributed by atoms with Crippen molar-refractivity contribution in [3.8, 4) is 23.0 Å². The summed E-state index contributed by atoms with van der Waals surface area (Å²) in [4.78, 5) is 28.4. The van der Waals surface area contributed by atoms with Gasteiger partial charge in [-0.05, 0) is 54.1 Å². The highest BCUT2D eigenvalue weighted by Gasteiger charge is 2.15. The van der Waals surface area contributed by atoms with Crippen LogP contribution in [0.15, 0.2) is 66.0 Å². The summed E-state index contributed by atoms with van der Waals surface area (Å²) in [5.74, 6) is 0.482. The lowest BCUT2D eigenvalue weighted by Gasteiger charge is -2.11. The summed E-state index contributed by atoms with van der Waals surface area (Å²) >= 11 is 0. The van der Waals surface area contributed by atoms with E-state index in [1.54, 1.807) is 48.7 Å². The Morgan fingerprint density at radius 3 is 2.28 bits per heavy atom. The third-order valence-corrected chi connectivity index (χ3v) is 4.31. The predicted molar refractivity (Wildman–Crippen MR) is 117 cm³/mol. The minimum atomic E-state index is -0.589. The number of hydrogen-bond donors (Lipinski definition) is 1. The van der Waals surface area contributed by atoms with Crippen LogP contribution >= 0.6 is 0 Å². The van der Waals surface area contributed by atoms with E-state index in [-0.39, 0.29) is 17.2 Å². The van der Waals surface area contributed by atoms with Gasteiger partial charge >= 0.3 is 5.97 Å². The molecule has 3 aromatic rings. The van der Waals surface area contributed by atoms with Crippen LogP contribution in [-0.4, -0.2) is 44.4 Å². The Balaban J connectivity index is 1.70. The topological polar surface area (TPSA) is 108 Å². The summed E-state index contributed by atoms with van der Waals surface area (Å²) < 4.78 is 21.2. The molecule has 1 aromatic heterocycles. The van der Waals surface area contributed by atoms with Crippen molar-refractivity contribution in [1.82, 2.24) is 10.4 Å². The number of ether oxygens (including phenoxy) is 4. The number of carbonyl (C=O) groups is 2. The van der Waals surface area contributed by atoms with Crippen LogP contribution in [0.1, 0.15) is 26.3 Å². The molecule has 0 aliphatic rings. The summed E-state index contributed by atoms with van der Waals surface area (Å²) in [5, 5.41) is 3.93. The van der Waals surface area contributed by atoms with E-state index >= 15 is 0 Å². The fourth-order valence-corrected chi connectivity index (χ4v) is 2.70. The highest BCUT2D eigenvalue weighted by Crippen LogP contribution is 2.31. The second kappa shape index (κ2) is 10.6. The third-order valence-electron chi connectivity index (χ3n) is 4.31. The number of hydrazone groups is 1. The summed E-state index contributed by atoms with van der Waals surface area (Å²) in [6.45, 7) is 0. The quantitative estimate of drug-likeness (QED) is 0.251. The molecule has 1 amide bonds. The summed E-state index contributed by atoms with van der Waals surface area (Å²) in [6.07, 6.45) is 4.46. The van der Waals surface area contributed by atoms with Gasteiger partial charge in [0.1, 0.15) is 0 Å². The van der Waals surface area contributed by atoms with Crippen LogP contribution in [0.4, 0.5) is 0 Å². The van der Waals surface area contributed by atoms with E-state index in [0.29, 0.717) is 28.4 Å². The van der Waals surface area contributed by atoms with Crippen molar-refractivity contribution in [2.24, 2.45) is 5.10 Å². The van der Waals surface area contributed by atoms with Gasteiger partial charge in [-0.1, -0.05) is 0 Å². The van der Waals surface area contributed by atoms with Gasteiger partial charge in [-0.15, -0.1) is 0 Å². The molecule has 0 spiro atoms. The number of aromatic nitrogens is 1. The largest absolute Gasteiger partial charge is 0.493 e. The van der Waals surface area contributed by atoms with Gasteiger partial charge in [0.05, 0.1) is 38.7 Å². The van der Waals surface area contributed by atoms with Gasteiger partial charge in [-0.3, -0.25) is 9.78 Å². The van der Waals surface area contributed by atoms with Crippen molar-refractivity contribution in [3.05, 3.63) is 77.6 Å². The zero-order valence-corrected chi connectivity index (χ0v) is 17.7. The lowest BCUT2D eigenvalue weighted by molar-refractivity contribution is 0.0729. The first-order chi connectivity index (χ1) is 15.5. The van der Waals surface area contributed by atoms with Crippen LogP contribution in [-0.2, 0) is 0 Å². The summed E-state index contributed by atoms with van der Waals surface area (Å²) in [5.41, 5.74) is 3.71. The van der Waals surface area contributed by atoms with Crippen molar-refractivity contribution < 1.29 is 28.5 Å². The van der Waals surface area contributed by atoms with Gasteiger partial charge in [0.25, 0.3) is 5.91 Å². The average molecular weight is 435 g/mol. The first-order valence-electron chi connectivity index (χ1n) is 9.41. The number of benzene rings is 2. The van der Waals surface area contributed by atoms with Gasteiger partial charge in [0, 0.05) is 12.4 Å². The Kier molecular flexibility index (Phi) is 7.37. The van der Waals surface area contributed by atoms with Gasteiger partial charge in [0.15, 0.2) is 23.0 Å². The Morgan fingerprint density at radius 1 is 0.875 bits per heavy atom. The van der Waals surface area contributed by atoms with E-state index in [9.17, 15) is 9.59 Å². The SMILES string of the molecule is COc1ccc(C(=O)Oc2ccc(C=NNC(=O)c3cccnc3)cc2OC)cc1OC. The number of esters is 1. The first kappa shape index (κ1) is 22.3. The van der Waals surface area contributed by atoms with Crippen molar-refractivity contribution >= 4 is 18.1 Å². The van der Waals surface area contributed by atoms with Crippen LogP contribution in [0.25, 0.3) is 0 Å². The zero-order chi connectivity index (χ0) is 22.9. The average Bonchev–Trinajstić information content (AvgIpc) is 2.84. The van der Waals surface area contributed by atoms with Crippen LogP contribution < -0.4 is 24.4 Å². The monoisotopic (exact) mass is 435 g/mol. The molecule has 9 heteroatoms. The Hall–Kier alpha value is -4.40. The first-order valence-corrected chi connectivity index (χ1v) is 9.41. The van der Waals surface area contributed by atoms with Crippen LogP contribution in [0.2, 0.25) is 0 Å². The molecule has 164 valence electrons. The van der Waals surface area contributed by atoms with Crippen molar-refractivity contribution in [3.63, 3.8) is 0 Å². The molecule has 2 aromatic carbocycles. The van der Waals surface area contributed by atoms with Gasteiger partial charge in [-0.25, -0.2) is 10.2 Å². The second-order valence-electron chi connectivity index (χ2n) is 6.31. The number of hydrogen-bond acceptors (Lipinski definition) is 8. The molecule has 0 aliphatic carbocycles.